The third-order valence-electron chi connectivity index (χ3n) is 2.16. The topological polar surface area (TPSA) is 0 Å². The average Bonchev–Trinajstić information content (AvgIpc) is 2.14. The Morgan fingerprint density at radius 3 is 1.94 bits per heavy atom. The molecule has 0 bridgehead atoms. The van der Waals surface area contributed by atoms with E-state index in [-0.39, 0.29) is 6.07 Å². The normalized spacial score (nSPS) is 14.8. The summed E-state index contributed by atoms with van der Waals surface area (Å²) in [5, 5.41) is -0.779. The highest BCUT2D eigenvalue weighted by Gasteiger charge is 2.67. The SMILES string of the molecule is C[PH+](c1ccc(F)cc1F)C(F)(F)C(F)(F)F. The molecule has 17 heavy (non-hydrogen) atoms. The molecule has 1 rings (SSSR count). The third-order valence-corrected chi connectivity index (χ3v) is 4.60. The van der Waals surface area contributed by atoms with E-state index in [1.807, 2.05) is 0 Å². The van der Waals surface area contributed by atoms with Crippen molar-refractivity contribution in [2.24, 2.45) is 0 Å². The van der Waals surface area contributed by atoms with Crippen LogP contribution in [0.5, 0.6) is 0 Å². The highest BCUT2D eigenvalue weighted by Crippen LogP contribution is 2.57. The van der Waals surface area contributed by atoms with Gasteiger partial charge >= 0.3 is 11.8 Å². The summed E-state index contributed by atoms with van der Waals surface area (Å²) >= 11 is 0. The average molecular weight is 279 g/mol. The molecule has 1 aromatic rings. The molecule has 0 N–H and O–H groups in total. The quantitative estimate of drug-likeness (QED) is 0.573. The summed E-state index contributed by atoms with van der Waals surface area (Å²) in [6, 6.07) is 1.56. The zero-order valence-corrected chi connectivity index (χ0v) is 9.38. The standard InChI is InChI=1S/C9H6F7P/c1-17(9(15,16)8(12,13)14)7-3-2-5(10)4-6(7)11/h2-4H,1H3/p+1. The molecule has 1 atom stereocenters. The van der Waals surface area contributed by atoms with Crippen LogP contribution in [0, 0.1) is 11.6 Å². The lowest BCUT2D eigenvalue weighted by Gasteiger charge is -2.19. The summed E-state index contributed by atoms with van der Waals surface area (Å²) in [5.74, 6) is -2.42. The Labute approximate surface area is 93.2 Å². The minimum Gasteiger partial charge on any atom is -0.207 e. The van der Waals surface area contributed by atoms with Gasteiger partial charge in [0.2, 0.25) is 0 Å². The monoisotopic (exact) mass is 279 g/mol. The van der Waals surface area contributed by atoms with Crippen LogP contribution in [0.15, 0.2) is 18.2 Å². The van der Waals surface area contributed by atoms with Gasteiger partial charge in [0.15, 0.2) is 5.82 Å². The van der Waals surface area contributed by atoms with Crippen LogP contribution >= 0.6 is 7.92 Å². The summed E-state index contributed by atoms with van der Waals surface area (Å²) in [4.78, 5) is 0. The Kier molecular flexibility index (Phi) is 3.72. The second kappa shape index (κ2) is 4.44. The Bertz CT molecular complexity index is 412. The largest absolute Gasteiger partial charge is 0.493 e. The summed E-state index contributed by atoms with van der Waals surface area (Å²) in [6.45, 7) is 0.633. The summed E-state index contributed by atoms with van der Waals surface area (Å²) < 4.78 is 87.7. The molecule has 0 saturated carbocycles. The molecular formula is C9H7F7P+. The third kappa shape index (κ3) is 2.70. The molecule has 0 spiro atoms. The molecule has 0 aliphatic rings. The van der Waals surface area contributed by atoms with Crippen molar-refractivity contribution in [1.29, 1.82) is 0 Å². The minimum absolute atomic E-state index is 0.288. The molecule has 1 aromatic carbocycles. The number of benzene rings is 1. The number of hydrogen-bond donors (Lipinski definition) is 0. The molecule has 0 aromatic heterocycles. The predicted molar refractivity (Wildman–Crippen MR) is 51.2 cm³/mol. The van der Waals surface area contributed by atoms with Gasteiger partial charge in [-0.05, 0) is 12.1 Å². The predicted octanol–water partition coefficient (Wildman–Crippen LogP) is 3.59. The Hall–Kier alpha value is -0.840. The van der Waals surface area contributed by atoms with Gasteiger partial charge in [-0.2, -0.15) is 22.0 Å². The first-order valence-electron chi connectivity index (χ1n) is 4.31. The van der Waals surface area contributed by atoms with E-state index >= 15 is 0 Å². The molecule has 8 heteroatoms. The van der Waals surface area contributed by atoms with Crippen molar-refractivity contribution in [3.63, 3.8) is 0 Å². The maximum Gasteiger partial charge on any atom is 0.493 e. The van der Waals surface area contributed by atoms with Gasteiger partial charge in [-0.1, -0.05) is 0 Å². The van der Waals surface area contributed by atoms with Crippen LogP contribution < -0.4 is 5.30 Å². The second-order valence-corrected chi connectivity index (χ2v) is 5.74. The van der Waals surface area contributed by atoms with Gasteiger partial charge in [0.05, 0.1) is 6.66 Å². The van der Waals surface area contributed by atoms with Crippen LogP contribution in [0.2, 0.25) is 0 Å². The Morgan fingerprint density at radius 1 is 1.00 bits per heavy atom. The molecule has 0 fully saturated rings. The fraction of sp³-hybridized carbons (Fsp3) is 0.333. The maximum absolute atomic E-state index is 13.1. The van der Waals surface area contributed by atoms with Crippen LogP contribution in [0.4, 0.5) is 30.7 Å². The van der Waals surface area contributed by atoms with Gasteiger partial charge in [-0.3, -0.25) is 0 Å². The van der Waals surface area contributed by atoms with Gasteiger partial charge < -0.3 is 0 Å². The first-order chi connectivity index (χ1) is 7.57. The van der Waals surface area contributed by atoms with Gasteiger partial charge in [0, 0.05) is 6.07 Å². The minimum atomic E-state index is -5.74. The molecule has 1 unspecified atom stereocenters. The first-order valence-corrected chi connectivity index (χ1v) is 6.31. The maximum atomic E-state index is 13.1. The first kappa shape index (κ1) is 14.2. The highest BCUT2D eigenvalue weighted by atomic mass is 31.1. The van der Waals surface area contributed by atoms with Crippen LogP contribution in [-0.4, -0.2) is 18.5 Å². The zero-order chi connectivity index (χ0) is 13.4. The lowest BCUT2D eigenvalue weighted by atomic mass is 10.3. The highest BCUT2D eigenvalue weighted by molar-refractivity contribution is 7.66. The fourth-order valence-electron chi connectivity index (χ4n) is 1.18. The van der Waals surface area contributed by atoms with Crippen molar-refractivity contribution in [2.45, 2.75) is 11.8 Å². The van der Waals surface area contributed by atoms with E-state index < -0.39 is 36.7 Å². The van der Waals surface area contributed by atoms with Crippen molar-refractivity contribution < 1.29 is 30.7 Å². The molecule has 0 heterocycles. The van der Waals surface area contributed by atoms with Gasteiger partial charge in [-0.25, -0.2) is 8.78 Å². The number of hydrogen-bond acceptors (Lipinski definition) is 0. The molecule has 0 radical (unpaired) electrons. The van der Waals surface area contributed by atoms with E-state index in [9.17, 15) is 30.7 Å². The molecule has 96 valence electrons. The molecule has 0 aliphatic heterocycles. The second-order valence-electron chi connectivity index (χ2n) is 3.32. The van der Waals surface area contributed by atoms with Crippen molar-refractivity contribution in [3.8, 4) is 0 Å². The lowest BCUT2D eigenvalue weighted by Crippen LogP contribution is -2.37. The van der Waals surface area contributed by atoms with E-state index in [2.05, 4.69) is 0 Å². The summed E-state index contributed by atoms with van der Waals surface area (Å²) in [7, 11) is -3.55. The van der Waals surface area contributed by atoms with Crippen LogP contribution in [0.3, 0.4) is 0 Å². The smallest absolute Gasteiger partial charge is 0.207 e. The Morgan fingerprint density at radius 2 is 1.53 bits per heavy atom. The number of alkyl halides is 5. The fourth-order valence-corrected chi connectivity index (χ4v) is 2.70. The Balaban J connectivity index is 3.17. The van der Waals surface area contributed by atoms with Crippen molar-refractivity contribution in [2.75, 3.05) is 6.66 Å². The molecule has 0 aliphatic carbocycles. The molecular weight excluding hydrogens is 272 g/mol. The number of rotatable bonds is 2. The van der Waals surface area contributed by atoms with E-state index in [0.29, 0.717) is 18.8 Å². The van der Waals surface area contributed by atoms with Crippen molar-refractivity contribution in [3.05, 3.63) is 29.8 Å². The summed E-state index contributed by atoms with van der Waals surface area (Å²) in [6.07, 6.45) is -5.74. The van der Waals surface area contributed by atoms with Crippen LogP contribution in [-0.2, 0) is 0 Å². The molecule has 0 amide bonds. The zero-order valence-electron chi connectivity index (χ0n) is 8.38. The molecule has 0 nitrogen and oxygen atoms in total. The molecule has 0 saturated heterocycles. The van der Waals surface area contributed by atoms with E-state index in [4.69, 9.17) is 0 Å². The lowest BCUT2D eigenvalue weighted by molar-refractivity contribution is -0.240. The van der Waals surface area contributed by atoms with Gasteiger partial charge in [0.25, 0.3) is 0 Å². The summed E-state index contributed by atoms with van der Waals surface area (Å²) in [5.41, 5.74) is -4.98. The van der Waals surface area contributed by atoms with Crippen molar-refractivity contribution >= 4 is 13.2 Å². The van der Waals surface area contributed by atoms with Gasteiger partial charge in [-0.15, -0.1) is 0 Å². The van der Waals surface area contributed by atoms with E-state index in [0.717, 1.165) is 0 Å². The van der Waals surface area contributed by atoms with Crippen molar-refractivity contribution in [1.82, 2.24) is 0 Å². The van der Waals surface area contributed by atoms with E-state index in [1.165, 1.54) is 0 Å². The number of halogens is 7. The van der Waals surface area contributed by atoms with Crippen LogP contribution in [0.25, 0.3) is 0 Å². The van der Waals surface area contributed by atoms with Gasteiger partial charge in [0.1, 0.15) is 19.0 Å². The van der Waals surface area contributed by atoms with E-state index in [1.54, 1.807) is 0 Å². The van der Waals surface area contributed by atoms with Crippen LogP contribution in [0.1, 0.15) is 0 Å².